The first kappa shape index (κ1) is 18.3. The second-order valence-corrected chi connectivity index (χ2v) is 6.17. The fourth-order valence-electron chi connectivity index (χ4n) is 2.70. The van der Waals surface area contributed by atoms with Crippen LogP contribution in [-0.2, 0) is 14.3 Å². The van der Waals surface area contributed by atoms with Gasteiger partial charge in [-0.1, -0.05) is 26.0 Å². The molecule has 0 N–H and O–H groups in total. The molecule has 0 saturated carbocycles. The fraction of sp³-hybridized carbons (Fsp3) is 0.526. The Morgan fingerprint density at radius 1 is 1.32 bits per heavy atom. The van der Waals surface area contributed by atoms with Gasteiger partial charge < -0.3 is 9.47 Å². The van der Waals surface area contributed by atoms with Gasteiger partial charge in [0.1, 0.15) is 0 Å². The molecule has 0 aromatic rings. The molecule has 0 saturated heterocycles. The smallest absolute Gasteiger partial charge is 0.330 e. The lowest BCUT2D eigenvalue weighted by atomic mass is 9.74. The lowest BCUT2D eigenvalue weighted by molar-refractivity contribution is -0.137. The van der Waals surface area contributed by atoms with Crippen molar-refractivity contribution < 1.29 is 14.3 Å². The van der Waals surface area contributed by atoms with Crippen molar-refractivity contribution in [2.75, 3.05) is 13.2 Å². The highest BCUT2D eigenvalue weighted by molar-refractivity contribution is 5.83. The molecule has 0 bridgehead atoms. The second-order valence-electron chi connectivity index (χ2n) is 6.17. The number of allylic oxidation sites excluding steroid dienone is 7. The van der Waals surface area contributed by atoms with Crippen molar-refractivity contribution in [1.82, 2.24) is 0 Å². The van der Waals surface area contributed by atoms with Crippen LogP contribution >= 0.6 is 0 Å². The fourth-order valence-corrected chi connectivity index (χ4v) is 2.70. The second kappa shape index (κ2) is 8.02. The summed E-state index contributed by atoms with van der Waals surface area (Å²) in [5.41, 5.74) is 3.38. The average Bonchev–Trinajstić information content (AvgIpc) is 2.37. The summed E-state index contributed by atoms with van der Waals surface area (Å²) in [5.74, 6) is 0.748. The average molecular weight is 304 g/mol. The molecule has 0 atom stereocenters. The van der Waals surface area contributed by atoms with Gasteiger partial charge in [-0.25, -0.2) is 4.79 Å². The van der Waals surface area contributed by atoms with Crippen molar-refractivity contribution in [1.29, 1.82) is 0 Å². The SMILES string of the molecule is CCOC(=O)C=C(C)C=CC1=C(C)C=C(OCC)CC1(C)C. The summed E-state index contributed by atoms with van der Waals surface area (Å²) < 4.78 is 10.6. The number of carbonyl (C=O) groups excluding carboxylic acids is 1. The molecule has 0 fully saturated rings. The Hall–Kier alpha value is -1.77. The van der Waals surface area contributed by atoms with Crippen LogP contribution in [0.5, 0.6) is 0 Å². The molecule has 0 unspecified atom stereocenters. The molecule has 22 heavy (non-hydrogen) atoms. The van der Waals surface area contributed by atoms with Crippen LogP contribution < -0.4 is 0 Å². The first-order valence-corrected chi connectivity index (χ1v) is 7.88. The van der Waals surface area contributed by atoms with Gasteiger partial charge in [-0.3, -0.25) is 0 Å². The predicted molar refractivity (Wildman–Crippen MR) is 90.3 cm³/mol. The van der Waals surface area contributed by atoms with Gasteiger partial charge in [0.25, 0.3) is 0 Å². The van der Waals surface area contributed by atoms with Gasteiger partial charge in [-0.05, 0) is 55.9 Å². The van der Waals surface area contributed by atoms with Crippen LogP contribution in [0.4, 0.5) is 0 Å². The van der Waals surface area contributed by atoms with E-state index >= 15 is 0 Å². The zero-order chi connectivity index (χ0) is 16.8. The van der Waals surface area contributed by atoms with E-state index in [0.29, 0.717) is 13.2 Å². The molecule has 0 aromatic carbocycles. The van der Waals surface area contributed by atoms with E-state index in [0.717, 1.165) is 17.8 Å². The summed E-state index contributed by atoms with van der Waals surface area (Å²) in [4.78, 5) is 11.4. The molecule has 1 aliphatic carbocycles. The first-order chi connectivity index (χ1) is 10.3. The van der Waals surface area contributed by atoms with Crippen LogP contribution in [-0.4, -0.2) is 19.2 Å². The van der Waals surface area contributed by atoms with E-state index in [4.69, 9.17) is 9.47 Å². The van der Waals surface area contributed by atoms with Crippen LogP contribution in [0.25, 0.3) is 0 Å². The molecule has 0 heterocycles. The van der Waals surface area contributed by atoms with E-state index in [2.05, 4.69) is 32.9 Å². The number of carbonyl (C=O) groups is 1. The van der Waals surface area contributed by atoms with Crippen molar-refractivity contribution in [3.63, 3.8) is 0 Å². The Balaban J connectivity index is 2.96. The number of rotatable bonds is 6. The van der Waals surface area contributed by atoms with Crippen LogP contribution in [0.1, 0.15) is 48.0 Å². The van der Waals surface area contributed by atoms with Gasteiger partial charge in [0, 0.05) is 12.5 Å². The third-order valence-corrected chi connectivity index (χ3v) is 3.62. The highest BCUT2D eigenvalue weighted by atomic mass is 16.5. The molecule has 1 rings (SSSR count). The zero-order valence-corrected chi connectivity index (χ0v) is 14.7. The van der Waals surface area contributed by atoms with Gasteiger partial charge in [-0.15, -0.1) is 0 Å². The third kappa shape index (κ3) is 5.21. The van der Waals surface area contributed by atoms with Crippen molar-refractivity contribution >= 4 is 5.97 Å². The van der Waals surface area contributed by atoms with Gasteiger partial charge in [0.15, 0.2) is 0 Å². The van der Waals surface area contributed by atoms with Crippen LogP contribution in [0, 0.1) is 5.41 Å². The quantitative estimate of drug-likeness (QED) is 0.405. The largest absolute Gasteiger partial charge is 0.498 e. The number of ether oxygens (including phenoxy) is 2. The Morgan fingerprint density at radius 2 is 2.00 bits per heavy atom. The van der Waals surface area contributed by atoms with E-state index in [9.17, 15) is 4.79 Å². The van der Waals surface area contributed by atoms with E-state index in [-0.39, 0.29) is 11.4 Å². The number of hydrogen-bond donors (Lipinski definition) is 0. The maximum atomic E-state index is 11.4. The van der Waals surface area contributed by atoms with Crippen molar-refractivity contribution in [3.05, 3.63) is 46.8 Å². The summed E-state index contributed by atoms with van der Waals surface area (Å²) in [6, 6.07) is 0. The normalized spacial score (nSPS) is 18.5. The Morgan fingerprint density at radius 3 is 2.55 bits per heavy atom. The third-order valence-electron chi connectivity index (χ3n) is 3.62. The lowest BCUT2D eigenvalue weighted by Gasteiger charge is -2.32. The molecule has 1 aliphatic rings. The highest BCUT2D eigenvalue weighted by Crippen LogP contribution is 2.41. The maximum Gasteiger partial charge on any atom is 0.330 e. The van der Waals surface area contributed by atoms with Crippen LogP contribution in [0.15, 0.2) is 46.8 Å². The summed E-state index contributed by atoms with van der Waals surface area (Å²) >= 11 is 0. The van der Waals surface area contributed by atoms with Crippen LogP contribution in [0.2, 0.25) is 0 Å². The standard InChI is InChI=1S/C19H28O3/c1-7-21-16-12-15(4)17(19(5,6)13-16)10-9-14(3)11-18(20)22-8-2/h9-12H,7-8,13H2,1-6H3. The van der Waals surface area contributed by atoms with E-state index in [1.165, 1.54) is 17.2 Å². The summed E-state index contributed by atoms with van der Waals surface area (Å²) in [6.07, 6.45) is 8.58. The first-order valence-electron chi connectivity index (χ1n) is 7.88. The molecule has 0 amide bonds. The minimum Gasteiger partial charge on any atom is -0.498 e. The van der Waals surface area contributed by atoms with Gasteiger partial charge >= 0.3 is 5.97 Å². The van der Waals surface area contributed by atoms with E-state index in [1.54, 1.807) is 6.92 Å². The Bertz CT molecular complexity index is 531. The molecular weight excluding hydrogens is 276 g/mol. The molecule has 3 nitrogen and oxygen atoms in total. The molecule has 122 valence electrons. The van der Waals surface area contributed by atoms with Crippen molar-refractivity contribution in [2.45, 2.75) is 48.0 Å². The lowest BCUT2D eigenvalue weighted by Crippen LogP contribution is -2.20. The van der Waals surface area contributed by atoms with Gasteiger partial charge in [0.05, 0.1) is 19.0 Å². The monoisotopic (exact) mass is 304 g/mol. The number of hydrogen-bond acceptors (Lipinski definition) is 3. The van der Waals surface area contributed by atoms with E-state index in [1.807, 2.05) is 19.9 Å². The minimum atomic E-state index is -0.295. The molecule has 0 spiro atoms. The molecular formula is C19H28O3. The Kier molecular flexibility index (Phi) is 6.66. The molecule has 0 radical (unpaired) electrons. The summed E-state index contributed by atoms with van der Waals surface area (Å²) in [5, 5.41) is 0. The maximum absolute atomic E-state index is 11.4. The predicted octanol–water partition coefficient (Wildman–Crippen LogP) is 4.72. The number of esters is 1. The van der Waals surface area contributed by atoms with E-state index < -0.39 is 0 Å². The summed E-state index contributed by atoms with van der Waals surface area (Å²) in [6.45, 7) is 13.3. The van der Waals surface area contributed by atoms with Crippen molar-refractivity contribution in [2.24, 2.45) is 5.41 Å². The molecule has 0 aliphatic heterocycles. The topological polar surface area (TPSA) is 35.5 Å². The molecule has 0 aromatic heterocycles. The summed E-state index contributed by atoms with van der Waals surface area (Å²) in [7, 11) is 0. The van der Waals surface area contributed by atoms with Gasteiger partial charge in [0.2, 0.25) is 0 Å². The van der Waals surface area contributed by atoms with Gasteiger partial charge in [-0.2, -0.15) is 0 Å². The zero-order valence-electron chi connectivity index (χ0n) is 14.7. The van der Waals surface area contributed by atoms with Crippen LogP contribution in [0.3, 0.4) is 0 Å². The molecule has 3 heteroatoms. The van der Waals surface area contributed by atoms with Crippen molar-refractivity contribution in [3.8, 4) is 0 Å². The Labute approximate surface area is 134 Å². The minimum absolute atomic E-state index is 0.0179. The highest BCUT2D eigenvalue weighted by Gasteiger charge is 2.28.